The average Bonchev–Trinajstić information content (AvgIpc) is 2.18. The number of carbonyl (C=O) groups is 1. The third-order valence-corrected chi connectivity index (χ3v) is 2.66. The molecule has 1 fully saturated rings. The number of amides is 1. The molecule has 3 nitrogen and oxygen atoms in total. The number of aliphatic hydroxyl groups excluding tert-OH is 1. The maximum Gasteiger partial charge on any atom is 0.243 e. The minimum Gasteiger partial charge on any atom is -0.396 e. The molecule has 0 aromatic heterocycles. The van der Waals surface area contributed by atoms with E-state index in [0.717, 1.165) is 25.7 Å². The Balaban J connectivity index is 2.44. The van der Waals surface area contributed by atoms with E-state index in [1.54, 1.807) is 0 Å². The predicted octanol–water partition coefficient (Wildman–Crippen LogP) is 0.840. The van der Waals surface area contributed by atoms with E-state index in [-0.39, 0.29) is 24.5 Å². The quantitative estimate of drug-likeness (QED) is 0.637. The zero-order valence-electron chi connectivity index (χ0n) is 7.83. The Morgan fingerprint density at radius 2 is 2.23 bits per heavy atom. The van der Waals surface area contributed by atoms with Gasteiger partial charge in [0.2, 0.25) is 5.91 Å². The molecule has 3 heteroatoms. The minimum atomic E-state index is -0.134. The van der Waals surface area contributed by atoms with E-state index in [9.17, 15) is 4.79 Å². The Labute approximate surface area is 78.8 Å². The van der Waals surface area contributed by atoms with Gasteiger partial charge in [-0.05, 0) is 18.9 Å². The van der Waals surface area contributed by atoms with Gasteiger partial charge in [-0.3, -0.25) is 4.79 Å². The lowest BCUT2D eigenvalue weighted by Gasteiger charge is -2.30. The van der Waals surface area contributed by atoms with Crippen molar-refractivity contribution in [3.05, 3.63) is 12.7 Å². The summed E-state index contributed by atoms with van der Waals surface area (Å²) in [5.74, 6) is 0.1000. The summed E-state index contributed by atoms with van der Waals surface area (Å²) in [7, 11) is 0. The van der Waals surface area contributed by atoms with E-state index >= 15 is 0 Å². The monoisotopic (exact) mass is 183 g/mol. The summed E-state index contributed by atoms with van der Waals surface area (Å²) >= 11 is 0. The molecule has 1 aliphatic carbocycles. The van der Waals surface area contributed by atoms with Crippen LogP contribution in [0.15, 0.2) is 12.7 Å². The van der Waals surface area contributed by atoms with Crippen molar-refractivity contribution in [2.24, 2.45) is 5.92 Å². The maximum atomic E-state index is 11.0. The van der Waals surface area contributed by atoms with E-state index in [0.29, 0.717) is 0 Å². The van der Waals surface area contributed by atoms with Crippen LogP contribution >= 0.6 is 0 Å². The van der Waals surface area contributed by atoms with Crippen LogP contribution in [0.3, 0.4) is 0 Å². The molecule has 1 amide bonds. The zero-order valence-corrected chi connectivity index (χ0v) is 7.83. The Bertz CT molecular complexity index is 191. The van der Waals surface area contributed by atoms with Gasteiger partial charge in [0.05, 0.1) is 0 Å². The highest BCUT2D eigenvalue weighted by Crippen LogP contribution is 2.23. The van der Waals surface area contributed by atoms with Crippen LogP contribution in [0.1, 0.15) is 25.7 Å². The summed E-state index contributed by atoms with van der Waals surface area (Å²) in [6.45, 7) is 3.57. The van der Waals surface area contributed by atoms with E-state index in [2.05, 4.69) is 11.9 Å². The number of aliphatic hydroxyl groups is 1. The number of hydrogen-bond donors (Lipinski definition) is 2. The Morgan fingerprint density at radius 1 is 1.54 bits per heavy atom. The van der Waals surface area contributed by atoms with Crippen LogP contribution < -0.4 is 5.32 Å². The molecule has 0 radical (unpaired) electrons. The van der Waals surface area contributed by atoms with Crippen LogP contribution in [0.2, 0.25) is 0 Å². The van der Waals surface area contributed by atoms with Crippen molar-refractivity contribution >= 4 is 5.91 Å². The van der Waals surface area contributed by atoms with Crippen LogP contribution in [0.4, 0.5) is 0 Å². The summed E-state index contributed by atoms with van der Waals surface area (Å²) < 4.78 is 0. The first-order valence-corrected chi connectivity index (χ1v) is 4.81. The zero-order chi connectivity index (χ0) is 9.68. The van der Waals surface area contributed by atoms with Gasteiger partial charge in [-0.15, -0.1) is 0 Å². The fraction of sp³-hybridized carbons (Fsp3) is 0.700. The first-order valence-electron chi connectivity index (χ1n) is 4.81. The van der Waals surface area contributed by atoms with Crippen molar-refractivity contribution in [2.45, 2.75) is 31.7 Å². The van der Waals surface area contributed by atoms with E-state index in [1.807, 2.05) is 0 Å². The van der Waals surface area contributed by atoms with Crippen LogP contribution in [-0.4, -0.2) is 23.7 Å². The van der Waals surface area contributed by atoms with Crippen molar-refractivity contribution in [3.63, 3.8) is 0 Å². The third-order valence-electron chi connectivity index (χ3n) is 2.66. The fourth-order valence-electron chi connectivity index (χ4n) is 1.86. The van der Waals surface area contributed by atoms with Gasteiger partial charge in [0.25, 0.3) is 0 Å². The lowest BCUT2D eigenvalue weighted by Crippen LogP contribution is -2.42. The summed E-state index contributed by atoms with van der Waals surface area (Å²) in [6.07, 6.45) is 5.57. The second-order valence-electron chi connectivity index (χ2n) is 3.55. The van der Waals surface area contributed by atoms with E-state index in [1.165, 1.54) is 6.08 Å². The second kappa shape index (κ2) is 5.02. The molecule has 1 aliphatic rings. The smallest absolute Gasteiger partial charge is 0.243 e. The maximum absolute atomic E-state index is 11.0. The lowest BCUT2D eigenvalue weighted by atomic mass is 9.85. The molecule has 2 N–H and O–H groups in total. The molecule has 1 saturated carbocycles. The van der Waals surface area contributed by atoms with Crippen LogP contribution in [0.25, 0.3) is 0 Å². The van der Waals surface area contributed by atoms with Crippen molar-refractivity contribution in [2.75, 3.05) is 6.61 Å². The first kappa shape index (κ1) is 10.3. The molecule has 13 heavy (non-hydrogen) atoms. The molecule has 0 unspecified atom stereocenters. The highest BCUT2D eigenvalue weighted by atomic mass is 16.3. The van der Waals surface area contributed by atoms with Crippen molar-refractivity contribution < 1.29 is 9.90 Å². The molecule has 0 heterocycles. The molecule has 0 saturated heterocycles. The number of rotatable bonds is 3. The second-order valence-corrected chi connectivity index (χ2v) is 3.55. The Morgan fingerprint density at radius 3 is 2.85 bits per heavy atom. The van der Waals surface area contributed by atoms with E-state index in [4.69, 9.17) is 5.11 Å². The molecular weight excluding hydrogens is 166 g/mol. The standard InChI is InChI=1S/C10H17NO2/c1-2-10(13)11-9-6-4-3-5-8(9)7-12/h2,8-9,12H,1,3-7H2,(H,11,13)/t8-,9+/m1/s1. The summed E-state index contributed by atoms with van der Waals surface area (Å²) in [5.41, 5.74) is 0. The molecule has 1 rings (SSSR count). The fourth-order valence-corrected chi connectivity index (χ4v) is 1.86. The molecule has 0 aromatic rings. The molecule has 0 spiro atoms. The summed E-state index contributed by atoms with van der Waals surface area (Å²) in [6, 6.07) is 0.143. The van der Waals surface area contributed by atoms with Gasteiger partial charge in [-0.2, -0.15) is 0 Å². The first-order chi connectivity index (χ1) is 6.27. The van der Waals surface area contributed by atoms with Gasteiger partial charge in [-0.25, -0.2) is 0 Å². The highest BCUT2D eigenvalue weighted by molar-refractivity contribution is 5.87. The lowest BCUT2D eigenvalue weighted by molar-refractivity contribution is -0.117. The van der Waals surface area contributed by atoms with Crippen LogP contribution in [0.5, 0.6) is 0 Å². The van der Waals surface area contributed by atoms with Gasteiger partial charge in [0, 0.05) is 18.6 Å². The topological polar surface area (TPSA) is 49.3 Å². The molecule has 2 atom stereocenters. The summed E-state index contributed by atoms with van der Waals surface area (Å²) in [5, 5.41) is 11.9. The summed E-state index contributed by atoms with van der Waals surface area (Å²) in [4.78, 5) is 11.0. The van der Waals surface area contributed by atoms with Crippen molar-refractivity contribution in [1.29, 1.82) is 0 Å². The minimum absolute atomic E-state index is 0.134. The highest BCUT2D eigenvalue weighted by Gasteiger charge is 2.24. The van der Waals surface area contributed by atoms with Crippen LogP contribution in [0, 0.1) is 5.92 Å². The molecule has 74 valence electrons. The van der Waals surface area contributed by atoms with Crippen LogP contribution in [-0.2, 0) is 4.79 Å². The van der Waals surface area contributed by atoms with Gasteiger partial charge >= 0.3 is 0 Å². The number of carbonyl (C=O) groups excluding carboxylic acids is 1. The molecule has 0 bridgehead atoms. The molecular formula is C10H17NO2. The number of hydrogen-bond acceptors (Lipinski definition) is 2. The van der Waals surface area contributed by atoms with Gasteiger partial charge < -0.3 is 10.4 Å². The van der Waals surface area contributed by atoms with E-state index < -0.39 is 0 Å². The Hall–Kier alpha value is -0.830. The molecule has 0 aromatic carbocycles. The SMILES string of the molecule is C=CC(=O)N[C@H]1CCCC[C@@H]1CO. The van der Waals surface area contributed by atoms with Crippen molar-refractivity contribution in [3.8, 4) is 0 Å². The van der Waals surface area contributed by atoms with Crippen molar-refractivity contribution in [1.82, 2.24) is 5.32 Å². The predicted molar refractivity (Wildman–Crippen MR) is 51.2 cm³/mol. The normalized spacial score (nSPS) is 28.1. The Kier molecular flexibility index (Phi) is 3.96. The van der Waals surface area contributed by atoms with Gasteiger partial charge in [0.15, 0.2) is 0 Å². The van der Waals surface area contributed by atoms with Gasteiger partial charge in [-0.1, -0.05) is 19.4 Å². The van der Waals surface area contributed by atoms with Gasteiger partial charge in [0.1, 0.15) is 0 Å². The number of nitrogens with one attached hydrogen (secondary N) is 1. The third kappa shape index (κ3) is 2.84. The average molecular weight is 183 g/mol. The molecule has 0 aliphatic heterocycles. The largest absolute Gasteiger partial charge is 0.396 e.